The van der Waals surface area contributed by atoms with Crippen molar-refractivity contribution >= 4 is 15.9 Å². The number of hydrogen-bond acceptors (Lipinski definition) is 4. The van der Waals surface area contributed by atoms with Gasteiger partial charge in [-0.3, -0.25) is 9.89 Å². The van der Waals surface area contributed by atoms with Crippen LogP contribution in [0.25, 0.3) is 0 Å². The zero-order valence-corrected chi connectivity index (χ0v) is 14.2. The van der Waals surface area contributed by atoms with Crippen LogP contribution < -0.4 is 4.72 Å². The largest absolute Gasteiger partial charge is 0.339 e. The van der Waals surface area contributed by atoms with E-state index in [1.807, 2.05) is 0 Å². The summed E-state index contributed by atoms with van der Waals surface area (Å²) < 4.78 is 27.2. The highest BCUT2D eigenvalue weighted by molar-refractivity contribution is 7.89. The van der Waals surface area contributed by atoms with Gasteiger partial charge in [-0.1, -0.05) is 12.8 Å². The maximum Gasteiger partial charge on any atom is 0.244 e. The van der Waals surface area contributed by atoms with Crippen LogP contribution in [-0.4, -0.2) is 48.6 Å². The third kappa shape index (κ3) is 3.67. The third-order valence-electron chi connectivity index (χ3n) is 4.14. The second-order valence-corrected chi connectivity index (χ2v) is 7.52. The van der Waals surface area contributed by atoms with E-state index in [1.165, 1.54) is 6.92 Å². The van der Waals surface area contributed by atoms with Gasteiger partial charge in [0.05, 0.1) is 11.4 Å². The van der Waals surface area contributed by atoms with Crippen LogP contribution in [-0.2, 0) is 14.8 Å². The SMILES string of the molecule is CC(=O)N(CCNS(=O)(=O)c1c(C)n[nH]c1C)C1CCCC1. The summed E-state index contributed by atoms with van der Waals surface area (Å²) >= 11 is 0. The number of carbonyl (C=O) groups excluding carboxylic acids is 1. The lowest BCUT2D eigenvalue weighted by Gasteiger charge is -2.27. The van der Waals surface area contributed by atoms with Crippen molar-refractivity contribution in [1.29, 1.82) is 0 Å². The minimum atomic E-state index is -3.60. The molecule has 0 unspecified atom stereocenters. The molecule has 0 radical (unpaired) electrons. The number of rotatable bonds is 6. The number of aromatic amines is 1. The predicted octanol–water partition coefficient (Wildman–Crippen LogP) is 1.10. The van der Waals surface area contributed by atoms with Gasteiger partial charge in [0.25, 0.3) is 0 Å². The Morgan fingerprint density at radius 3 is 2.50 bits per heavy atom. The highest BCUT2D eigenvalue weighted by Gasteiger charge is 2.26. The lowest BCUT2D eigenvalue weighted by atomic mass is 10.2. The summed E-state index contributed by atoms with van der Waals surface area (Å²) in [5.41, 5.74) is 0.966. The fraction of sp³-hybridized carbons (Fsp3) is 0.714. The highest BCUT2D eigenvalue weighted by atomic mass is 32.2. The molecule has 0 aromatic carbocycles. The standard InChI is InChI=1S/C14H24N4O3S/c1-10-14(11(2)17-16-10)22(20,21)15-8-9-18(12(3)19)13-6-4-5-7-13/h13,15H,4-9H2,1-3H3,(H,16,17). The fourth-order valence-corrected chi connectivity index (χ4v) is 4.51. The highest BCUT2D eigenvalue weighted by Crippen LogP contribution is 2.23. The van der Waals surface area contributed by atoms with Gasteiger partial charge in [0.1, 0.15) is 4.90 Å². The Kier molecular flexibility index (Phi) is 5.23. The van der Waals surface area contributed by atoms with E-state index in [0.29, 0.717) is 17.9 Å². The van der Waals surface area contributed by atoms with Gasteiger partial charge in [-0.25, -0.2) is 13.1 Å². The van der Waals surface area contributed by atoms with E-state index in [1.54, 1.807) is 18.7 Å². The number of nitrogens with zero attached hydrogens (tertiary/aromatic N) is 2. The van der Waals surface area contributed by atoms with Crippen LogP contribution in [0.2, 0.25) is 0 Å². The molecule has 8 heteroatoms. The monoisotopic (exact) mass is 328 g/mol. The Morgan fingerprint density at radius 2 is 2.00 bits per heavy atom. The fourth-order valence-electron chi connectivity index (χ4n) is 3.12. The second kappa shape index (κ2) is 6.78. The van der Waals surface area contributed by atoms with Crippen LogP contribution in [0.1, 0.15) is 44.0 Å². The Labute approximate surface area is 131 Å². The van der Waals surface area contributed by atoms with E-state index in [2.05, 4.69) is 14.9 Å². The Morgan fingerprint density at radius 1 is 1.36 bits per heavy atom. The van der Waals surface area contributed by atoms with Crippen LogP contribution in [0.4, 0.5) is 0 Å². The molecule has 7 nitrogen and oxygen atoms in total. The number of hydrogen-bond donors (Lipinski definition) is 2. The van der Waals surface area contributed by atoms with E-state index >= 15 is 0 Å². The van der Waals surface area contributed by atoms with E-state index in [4.69, 9.17) is 0 Å². The van der Waals surface area contributed by atoms with Gasteiger partial charge in [0, 0.05) is 26.1 Å². The summed E-state index contributed by atoms with van der Waals surface area (Å²) in [5, 5.41) is 6.58. The molecule has 1 fully saturated rings. The molecule has 0 aliphatic heterocycles. The molecule has 124 valence electrons. The molecule has 22 heavy (non-hydrogen) atoms. The summed E-state index contributed by atoms with van der Waals surface area (Å²) in [7, 11) is -3.60. The van der Waals surface area contributed by atoms with Crippen LogP contribution in [0.5, 0.6) is 0 Å². The van der Waals surface area contributed by atoms with Crippen molar-refractivity contribution in [2.75, 3.05) is 13.1 Å². The van der Waals surface area contributed by atoms with E-state index in [-0.39, 0.29) is 23.4 Å². The Balaban J connectivity index is 1.98. The lowest BCUT2D eigenvalue weighted by Crippen LogP contribution is -2.42. The molecule has 0 atom stereocenters. The van der Waals surface area contributed by atoms with Crippen LogP contribution in [0, 0.1) is 13.8 Å². The van der Waals surface area contributed by atoms with Gasteiger partial charge in [0.2, 0.25) is 15.9 Å². The van der Waals surface area contributed by atoms with Gasteiger partial charge >= 0.3 is 0 Å². The molecule has 0 saturated heterocycles. The number of nitrogens with one attached hydrogen (secondary N) is 2. The lowest BCUT2D eigenvalue weighted by molar-refractivity contribution is -0.130. The molecule has 1 aromatic heterocycles. The van der Waals surface area contributed by atoms with Gasteiger partial charge in [0.15, 0.2) is 0 Å². The summed E-state index contributed by atoms with van der Waals surface area (Å²) in [6.45, 7) is 5.47. The van der Waals surface area contributed by atoms with Crippen molar-refractivity contribution in [3.05, 3.63) is 11.4 Å². The molecule has 1 heterocycles. The maximum absolute atomic E-state index is 12.3. The van der Waals surface area contributed by atoms with Crippen LogP contribution in [0.3, 0.4) is 0 Å². The van der Waals surface area contributed by atoms with Crippen molar-refractivity contribution in [2.45, 2.75) is 57.4 Å². The first-order chi connectivity index (χ1) is 10.3. The predicted molar refractivity (Wildman–Crippen MR) is 82.9 cm³/mol. The first-order valence-electron chi connectivity index (χ1n) is 7.61. The summed E-state index contributed by atoms with van der Waals surface area (Å²) in [5.74, 6) is 0.00164. The molecule has 2 N–H and O–H groups in total. The van der Waals surface area contributed by atoms with Gasteiger partial charge in [-0.05, 0) is 26.7 Å². The number of aromatic nitrogens is 2. The summed E-state index contributed by atoms with van der Waals surface area (Å²) in [6.07, 6.45) is 4.28. The molecular formula is C14H24N4O3S. The molecule has 1 aliphatic carbocycles. The average Bonchev–Trinajstić information content (AvgIpc) is 3.04. The zero-order chi connectivity index (χ0) is 16.3. The minimum absolute atomic E-state index is 0.00164. The number of H-pyrrole nitrogens is 1. The molecule has 0 spiro atoms. The van der Waals surface area contributed by atoms with Gasteiger partial charge < -0.3 is 4.90 Å². The third-order valence-corrected chi connectivity index (χ3v) is 5.87. The Hall–Kier alpha value is -1.41. The zero-order valence-electron chi connectivity index (χ0n) is 13.3. The smallest absolute Gasteiger partial charge is 0.244 e. The normalized spacial score (nSPS) is 16.1. The van der Waals surface area contributed by atoms with E-state index in [9.17, 15) is 13.2 Å². The molecule has 1 aromatic rings. The summed E-state index contributed by atoms with van der Waals surface area (Å²) in [6, 6.07) is 0.249. The van der Waals surface area contributed by atoms with Crippen molar-refractivity contribution in [3.63, 3.8) is 0 Å². The summed E-state index contributed by atoms with van der Waals surface area (Å²) in [4.78, 5) is 13.7. The topological polar surface area (TPSA) is 95.2 Å². The van der Waals surface area contributed by atoms with Crippen molar-refractivity contribution < 1.29 is 13.2 Å². The molecule has 2 rings (SSSR count). The number of aryl methyl sites for hydroxylation is 2. The molecule has 0 bridgehead atoms. The average molecular weight is 328 g/mol. The minimum Gasteiger partial charge on any atom is -0.339 e. The second-order valence-electron chi connectivity index (χ2n) is 5.81. The number of sulfonamides is 1. The number of amides is 1. The first kappa shape index (κ1) is 17.0. The molecule has 1 amide bonds. The van der Waals surface area contributed by atoms with E-state index in [0.717, 1.165) is 25.7 Å². The van der Waals surface area contributed by atoms with Gasteiger partial charge in [-0.2, -0.15) is 5.10 Å². The van der Waals surface area contributed by atoms with Crippen molar-refractivity contribution in [2.24, 2.45) is 0 Å². The maximum atomic E-state index is 12.3. The van der Waals surface area contributed by atoms with Crippen LogP contribution in [0.15, 0.2) is 4.90 Å². The van der Waals surface area contributed by atoms with E-state index < -0.39 is 10.0 Å². The van der Waals surface area contributed by atoms with Crippen LogP contribution >= 0.6 is 0 Å². The van der Waals surface area contributed by atoms with Crippen molar-refractivity contribution in [3.8, 4) is 0 Å². The Bertz CT molecular complexity index is 613. The quantitative estimate of drug-likeness (QED) is 0.817. The van der Waals surface area contributed by atoms with Gasteiger partial charge in [-0.15, -0.1) is 0 Å². The first-order valence-corrected chi connectivity index (χ1v) is 9.09. The molecule has 1 aliphatic rings. The number of carbonyl (C=O) groups is 1. The molecular weight excluding hydrogens is 304 g/mol. The molecule has 1 saturated carbocycles. The van der Waals surface area contributed by atoms with Crippen molar-refractivity contribution in [1.82, 2.24) is 19.8 Å².